The number of nitrogens with one attached hydrogen (secondary N) is 2. The summed E-state index contributed by atoms with van der Waals surface area (Å²) in [5.74, 6) is -0.336. The number of ether oxygens (including phenoxy) is 1. The quantitative estimate of drug-likeness (QED) is 0.350. The average molecular weight is 253 g/mol. The van der Waals surface area contributed by atoms with E-state index in [9.17, 15) is 4.79 Å². The Labute approximate surface area is 109 Å². The van der Waals surface area contributed by atoms with Gasteiger partial charge in [-0.3, -0.25) is 4.79 Å². The molecule has 0 aromatic rings. The van der Waals surface area contributed by atoms with E-state index in [2.05, 4.69) is 17.6 Å². The second-order valence-corrected chi connectivity index (χ2v) is 3.93. The molecule has 0 unspecified atom stereocenters. The van der Waals surface area contributed by atoms with E-state index >= 15 is 0 Å². The van der Waals surface area contributed by atoms with Gasteiger partial charge in [0.05, 0.1) is 0 Å². The number of nitrogens with zero attached hydrogens (tertiary/aromatic N) is 1. The van der Waals surface area contributed by atoms with Crippen molar-refractivity contribution in [3.63, 3.8) is 0 Å². The summed E-state index contributed by atoms with van der Waals surface area (Å²) in [5, 5.41) is 14.5. The minimum Gasteiger partial charge on any atom is -0.390 e. The first-order valence-electron chi connectivity index (χ1n) is 6.37. The molecule has 0 atom stereocenters. The molecule has 5 nitrogen and oxygen atoms in total. The summed E-state index contributed by atoms with van der Waals surface area (Å²) in [6.45, 7) is 4.03. The molecular weight excluding hydrogens is 230 g/mol. The number of methoxy groups -OCH3 is 1. The minimum atomic E-state index is -0.336. The summed E-state index contributed by atoms with van der Waals surface area (Å²) in [5.41, 5.74) is 0.115. The van der Waals surface area contributed by atoms with Crippen molar-refractivity contribution in [2.45, 2.75) is 32.6 Å². The molecule has 0 saturated carbocycles. The number of carbonyl (C=O) groups is 1. The van der Waals surface area contributed by atoms with Gasteiger partial charge >= 0.3 is 0 Å². The third-order valence-electron chi connectivity index (χ3n) is 2.35. The number of hydrogen-bond acceptors (Lipinski definition) is 4. The van der Waals surface area contributed by atoms with Crippen molar-refractivity contribution in [3.05, 3.63) is 11.8 Å². The zero-order valence-corrected chi connectivity index (χ0v) is 11.3. The highest BCUT2D eigenvalue weighted by Gasteiger charge is 2.07. The molecule has 0 bridgehead atoms. The van der Waals surface area contributed by atoms with Crippen LogP contribution >= 0.6 is 0 Å². The number of carbonyl (C=O) groups excluding carboxylic acids is 1. The summed E-state index contributed by atoms with van der Waals surface area (Å²) in [7, 11) is 1.61. The van der Waals surface area contributed by atoms with Crippen LogP contribution in [-0.4, -0.2) is 32.7 Å². The molecule has 0 radical (unpaired) electrons. The van der Waals surface area contributed by atoms with E-state index in [0.717, 1.165) is 32.2 Å². The predicted molar refractivity (Wildman–Crippen MR) is 70.7 cm³/mol. The molecule has 0 aliphatic heterocycles. The second kappa shape index (κ2) is 11.9. The van der Waals surface area contributed by atoms with Gasteiger partial charge in [-0.1, -0.05) is 19.8 Å². The van der Waals surface area contributed by atoms with Crippen LogP contribution < -0.4 is 10.6 Å². The Bertz CT molecular complexity index is 295. The summed E-state index contributed by atoms with van der Waals surface area (Å²) in [6, 6.07) is 1.89. The topological polar surface area (TPSA) is 74.2 Å². The summed E-state index contributed by atoms with van der Waals surface area (Å²) >= 11 is 0. The van der Waals surface area contributed by atoms with Crippen LogP contribution in [0.25, 0.3) is 0 Å². The molecule has 1 amide bonds. The van der Waals surface area contributed by atoms with Gasteiger partial charge < -0.3 is 15.4 Å². The molecule has 2 N–H and O–H groups in total. The van der Waals surface area contributed by atoms with Crippen molar-refractivity contribution in [1.82, 2.24) is 10.6 Å². The molecule has 0 rings (SSSR count). The molecule has 0 aliphatic rings. The SMILES string of the molecule is CCCCCN/C=C(/C#N)C(=O)NCCCOC. The molecular formula is C13H23N3O2. The van der Waals surface area contributed by atoms with Crippen LogP contribution in [0.2, 0.25) is 0 Å². The van der Waals surface area contributed by atoms with E-state index in [1.54, 1.807) is 7.11 Å². The standard InChI is InChI=1S/C13H23N3O2/c1-3-4-5-7-15-11-12(10-14)13(17)16-8-6-9-18-2/h11,15H,3-9H2,1-2H3,(H,16,17)/b12-11-. The fourth-order valence-electron chi connectivity index (χ4n) is 1.31. The Balaban J connectivity index is 3.88. The van der Waals surface area contributed by atoms with Gasteiger partial charge in [0.2, 0.25) is 0 Å². The first-order valence-corrected chi connectivity index (χ1v) is 6.37. The Morgan fingerprint density at radius 3 is 2.72 bits per heavy atom. The largest absolute Gasteiger partial charge is 0.390 e. The highest BCUT2D eigenvalue weighted by atomic mass is 16.5. The third-order valence-corrected chi connectivity index (χ3v) is 2.35. The van der Waals surface area contributed by atoms with Gasteiger partial charge in [-0.25, -0.2) is 0 Å². The number of hydrogen-bond donors (Lipinski definition) is 2. The molecule has 0 aliphatic carbocycles. The average Bonchev–Trinajstić information content (AvgIpc) is 2.39. The first kappa shape index (κ1) is 16.5. The van der Waals surface area contributed by atoms with Crippen LogP contribution in [0.3, 0.4) is 0 Å². The lowest BCUT2D eigenvalue weighted by atomic mass is 10.2. The van der Waals surface area contributed by atoms with Crippen LogP contribution in [0.15, 0.2) is 11.8 Å². The van der Waals surface area contributed by atoms with Crippen LogP contribution in [-0.2, 0) is 9.53 Å². The Morgan fingerprint density at radius 2 is 2.11 bits per heavy atom. The molecule has 18 heavy (non-hydrogen) atoms. The predicted octanol–water partition coefficient (Wildman–Crippen LogP) is 1.33. The third kappa shape index (κ3) is 8.59. The van der Waals surface area contributed by atoms with Crippen molar-refractivity contribution in [2.24, 2.45) is 0 Å². The zero-order chi connectivity index (χ0) is 13.6. The number of nitriles is 1. The summed E-state index contributed by atoms with van der Waals surface area (Å²) < 4.78 is 4.87. The fraction of sp³-hybridized carbons (Fsp3) is 0.692. The van der Waals surface area contributed by atoms with Gasteiger partial charge in [0.1, 0.15) is 11.6 Å². The minimum absolute atomic E-state index is 0.115. The molecule has 0 saturated heterocycles. The molecule has 0 aromatic carbocycles. The number of rotatable bonds is 10. The molecule has 0 fully saturated rings. The van der Waals surface area contributed by atoms with Gasteiger partial charge in [0.25, 0.3) is 5.91 Å². The lowest BCUT2D eigenvalue weighted by Crippen LogP contribution is -2.27. The first-order chi connectivity index (χ1) is 8.76. The molecule has 5 heteroatoms. The maximum atomic E-state index is 11.6. The van der Waals surface area contributed by atoms with Gasteiger partial charge in [0, 0.05) is 33.0 Å². The maximum Gasteiger partial charge on any atom is 0.263 e. The van der Waals surface area contributed by atoms with Crippen molar-refractivity contribution in [2.75, 3.05) is 26.8 Å². The van der Waals surface area contributed by atoms with Crippen molar-refractivity contribution >= 4 is 5.91 Å². The van der Waals surface area contributed by atoms with Gasteiger partial charge in [-0.05, 0) is 12.8 Å². The van der Waals surface area contributed by atoms with Crippen molar-refractivity contribution in [1.29, 1.82) is 5.26 Å². The molecule has 0 heterocycles. The number of amides is 1. The molecule has 0 aromatic heterocycles. The summed E-state index contributed by atoms with van der Waals surface area (Å²) in [6.07, 6.45) is 5.57. The zero-order valence-electron chi connectivity index (χ0n) is 11.3. The van der Waals surface area contributed by atoms with E-state index in [-0.39, 0.29) is 11.5 Å². The lowest BCUT2D eigenvalue weighted by Gasteiger charge is -2.04. The van der Waals surface area contributed by atoms with E-state index in [1.165, 1.54) is 6.20 Å². The second-order valence-electron chi connectivity index (χ2n) is 3.93. The number of unbranched alkanes of at least 4 members (excludes halogenated alkanes) is 2. The highest BCUT2D eigenvalue weighted by Crippen LogP contribution is 1.94. The van der Waals surface area contributed by atoms with Gasteiger partial charge in [-0.15, -0.1) is 0 Å². The van der Waals surface area contributed by atoms with E-state index < -0.39 is 0 Å². The Kier molecular flexibility index (Phi) is 10.9. The highest BCUT2D eigenvalue weighted by molar-refractivity contribution is 5.97. The van der Waals surface area contributed by atoms with Crippen molar-refractivity contribution in [3.8, 4) is 6.07 Å². The smallest absolute Gasteiger partial charge is 0.263 e. The van der Waals surface area contributed by atoms with Crippen LogP contribution in [0, 0.1) is 11.3 Å². The normalized spacial score (nSPS) is 10.8. The van der Waals surface area contributed by atoms with E-state index in [0.29, 0.717) is 13.2 Å². The lowest BCUT2D eigenvalue weighted by molar-refractivity contribution is -0.117. The van der Waals surface area contributed by atoms with Crippen LogP contribution in [0.4, 0.5) is 0 Å². The fourth-order valence-corrected chi connectivity index (χ4v) is 1.31. The monoisotopic (exact) mass is 253 g/mol. The Hall–Kier alpha value is -1.54. The van der Waals surface area contributed by atoms with Crippen LogP contribution in [0.1, 0.15) is 32.6 Å². The van der Waals surface area contributed by atoms with Crippen molar-refractivity contribution < 1.29 is 9.53 Å². The van der Waals surface area contributed by atoms with E-state index in [4.69, 9.17) is 10.00 Å². The Morgan fingerprint density at radius 1 is 1.33 bits per heavy atom. The maximum absolute atomic E-state index is 11.6. The van der Waals surface area contributed by atoms with Gasteiger partial charge in [-0.2, -0.15) is 5.26 Å². The van der Waals surface area contributed by atoms with E-state index in [1.807, 2.05) is 6.07 Å². The van der Waals surface area contributed by atoms with Gasteiger partial charge in [0.15, 0.2) is 0 Å². The summed E-state index contributed by atoms with van der Waals surface area (Å²) in [4.78, 5) is 11.6. The van der Waals surface area contributed by atoms with Crippen LogP contribution in [0.5, 0.6) is 0 Å². The molecule has 0 spiro atoms. The molecule has 102 valence electrons.